The highest BCUT2D eigenvalue weighted by Crippen LogP contribution is 2.57. The molecule has 3 unspecified atom stereocenters. The van der Waals surface area contributed by atoms with Gasteiger partial charge in [0.05, 0.1) is 14.2 Å². The molecule has 2 aliphatic rings. The molecule has 3 atom stereocenters. The second-order valence-electron chi connectivity index (χ2n) is 6.25. The molecule has 1 N–H and O–H groups in total. The summed E-state index contributed by atoms with van der Waals surface area (Å²) in [7, 11) is 3.31. The van der Waals surface area contributed by atoms with Gasteiger partial charge in [0.15, 0.2) is 11.5 Å². The van der Waals surface area contributed by atoms with E-state index in [1.165, 1.54) is 19.3 Å². The van der Waals surface area contributed by atoms with Crippen molar-refractivity contribution in [3.63, 3.8) is 0 Å². The van der Waals surface area contributed by atoms with Gasteiger partial charge < -0.3 is 14.8 Å². The van der Waals surface area contributed by atoms with Crippen molar-refractivity contribution in [3.05, 3.63) is 22.7 Å². The van der Waals surface area contributed by atoms with Gasteiger partial charge in [-0.3, -0.25) is 0 Å². The van der Waals surface area contributed by atoms with Crippen molar-refractivity contribution >= 4 is 11.6 Å². The van der Waals surface area contributed by atoms with Gasteiger partial charge in [-0.05, 0) is 55.2 Å². The quantitative estimate of drug-likeness (QED) is 0.860. The van der Waals surface area contributed by atoms with Crippen LogP contribution in [0.3, 0.4) is 0 Å². The molecule has 4 heteroatoms. The van der Waals surface area contributed by atoms with Crippen LogP contribution in [0.4, 0.5) is 0 Å². The highest BCUT2D eigenvalue weighted by Gasteiger charge is 2.48. The van der Waals surface area contributed by atoms with E-state index < -0.39 is 0 Å². The average Bonchev–Trinajstić information content (AvgIpc) is 3.11. The predicted octanol–water partition coefficient (Wildman–Crippen LogP) is 4.05. The maximum atomic E-state index is 6.52. The molecule has 0 amide bonds. The van der Waals surface area contributed by atoms with Crippen molar-refractivity contribution in [2.24, 2.45) is 17.8 Å². The van der Waals surface area contributed by atoms with Gasteiger partial charge in [0.25, 0.3) is 0 Å². The molecule has 2 aliphatic carbocycles. The minimum absolute atomic E-state index is 0.315. The highest BCUT2D eigenvalue weighted by molar-refractivity contribution is 6.31. The molecule has 0 aromatic heterocycles. The number of methoxy groups -OCH3 is 2. The molecule has 0 saturated heterocycles. The van der Waals surface area contributed by atoms with Crippen molar-refractivity contribution in [2.45, 2.75) is 32.2 Å². The van der Waals surface area contributed by atoms with E-state index in [0.717, 1.165) is 34.7 Å². The van der Waals surface area contributed by atoms with Gasteiger partial charge in [-0.2, -0.15) is 0 Å². The Balaban J connectivity index is 1.90. The molecule has 0 heterocycles. The van der Waals surface area contributed by atoms with E-state index in [1.807, 2.05) is 12.1 Å². The Morgan fingerprint density at radius 3 is 2.33 bits per heavy atom. The van der Waals surface area contributed by atoms with Crippen molar-refractivity contribution in [1.82, 2.24) is 5.32 Å². The zero-order valence-corrected chi connectivity index (χ0v) is 13.7. The first kappa shape index (κ1) is 15.0. The smallest absolute Gasteiger partial charge is 0.162 e. The standard InChI is InChI=1S/C17H24ClNO2/c1-4-19-17(12-6-10-5-11(10)7-12)13-8-15(20-2)16(21-3)9-14(13)18/h8-12,17,19H,4-7H2,1-3H3. The second kappa shape index (κ2) is 6.05. The Labute approximate surface area is 132 Å². The van der Waals surface area contributed by atoms with Crippen LogP contribution in [-0.4, -0.2) is 20.8 Å². The van der Waals surface area contributed by atoms with E-state index >= 15 is 0 Å². The van der Waals surface area contributed by atoms with Crippen LogP contribution in [-0.2, 0) is 0 Å². The van der Waals surface area contributed by atoms with E-state index in [2.05, 4.69) is 12.2 Å². The predicted molar refractivity (Wildman–Crippen MR) is 85.3 cm³/mol. The molecule has 0 radical (unpaired) electrons. The summed E-state index contributed by atoms with van der Waals surface area (Å²) in [6.07, 6.45) is 4.09. The van der Waals surface area contributed by atoms with Gasteiger partial charge >= 0.3 is 0 Å². The summed E-state index contributed by atoms with van der Waals surface area (Å²) >= 11 is 6.52. The van der Waals surface area contributed by atoms with Crippen molar-refractivity contribution in [1.29, 1.82) is 0 Å². The second-order valence-corrected chi connectivity index (χ2v) is 6.66. The normalized spacial score (nSPS) is 28.1. The van der Waals surface area contributed by atoms with E-state index in [4.69, 9.17) is 21.1 Å². The van der Waals surface area contributed by atoms with Crippen LogP contribution >= 0.6 is 11.6 Å². The van der Waals surface area contributed by atoms with Gasteiger partial charge in [0, 0.05) is 17.1 Å². The lowest BCUT2D eigenvalue weighted by atomic mass is 9.88. The number of ether oxygens (including phenoxy) is 2. The number of fused-ring (bicyclic) bond motifs is 1. The van der Waals surface area contributed by atoms with E-state index in [9.17, 15) is 0 Å². The number of hydrogen-bond donors (Lipinski definition) is 1. The molecular formula is C17H24ClNO2. The fraction of sp³-hybridized carbons (Fsp3) is 0.647. The molecule has 3 nitrogen and oxygen atoms in total. The first-order valence-electron chi connectivity index (χ1n) is 7.82. The maximum Gasteiger partial charge on any atom is 0.162 e. The number of benzene rings is 1. The first-order chi connectivity index (χ1) is 10.2. The Morgan fingerprint density at radius 1 is 1.14 bits per heavy atom. The maximum absolute atomic E-state index is 6.52. The largest absolute Gasteiger partial charge is 0.493 e. The lowest BCUT2D eigenvalue weighted by Crippen LogP contribution is -2.28. The van der Waals surface area contributed by atoms with E-state index in [0.29, 0.717) is 17.7 Å². The number of halogens is 1. The molecule has 0 spiro atoms. The van der Waals surface area contributed by atoms with Crippen molar-refractivity contribution in [3.8, 4) is 11.5 Å². The van der Waals surface area contributed by atoms with Crippen molar-refractivity contribution < 1.29 is 9.47 Å². The summed E-state index contributed by atoms with van der Waals surface area (Å²) in [5, 5.41) is 4.39. The Hall–Kier alpha value is -0.930. The van der Waals surface area contributed by atoms with E-state index in [-0.39, 0.29) is 0 Å². The fourth-order valence-electron chi connectivity index (χ4n) is 3.89. The van der Waals surface area contributed by atoms with Crippen LogP contribution in [0.5, 0.6) is 11.5 Å². The minimum atomic E-state index is 0.315. The molecular weight excluding hydrogens is 286 g/mol. The Bertz CT molecular complexity index is 510. The van der Waals surface area contributed by atoms with Gasteiger partial charge in [-0.15, -0.1) is 0 Å². The van der Waals surface area contributed by atoms with Crippen molar-refractivity contribution in [2.75, 3.05) is 20.8 Å². The molecule has 2 fully saturated rings. The number of nitrogens with one attached hydrogen (secondary N) is 1. The third-order valence-corrected chi connectivity index (χ3v) is 5.34. The average molecular weight is 310 g/mol. The first-order valence-corrected chi connectivity index (χ1v) is 8.20. The molecule has 116 valence electrons. The van der Waals surface area contributed by atoms with E-state index in [1.54, 1.807) is 14.2 Å². The zero-order chi connectivity index (χ0) is 15.0. The molecule has 0 aliphatic heterocycles. The highest BCUT2D eigenvalue weighted by atomic mass is 35.5. The fourth-order valence-corrected chi connectivity index (χ4v) is 4.16. The van der Waals surface area contributed by atoms with Crippen LogP contribution in [0, 0.1) is 17.8 Å². The number of hydrogen-bond acceptors (Lipinski definition) is 3. The molecule has 1 aromatic carbocycles. The summed E-state index contributed by atoms with van der Waals surface area (Å²) in [6, 6.07) is 4.23. The van der Waals surface area contributed by atoms with Gasteiger partial charge in [-0.25, -0.2) is 0 Å². The molecule has 21 heavy (non-hydrogen) atoms. The summed E-state index contributed by atoms with van der Waals surface area (Å²) in [5.74, 6) is 4.06. The lowest BCUT2D eigenvalue weighted by molar-refractivity contribution is 0.337. The Kier molecular flexibility index (Phi) is 4.32. The third kappa shape index (κ3) is 2.86. The summed E-state index contributed by atoms with van der Waals surface area (Å²) in [6.45, 7) is 3.10. The monoisotopic (exact) mass is 309 g/mol. The van der Waals surface area contributed by atoms with Crippen LogP contribution in [0.25, 0.3) is 0 Å². The van der Waals surface area contributed by atoms with Crippen LogP contribution in [0.15, 0.2) is 12.1 Å². The summed E-state index contributed by atoms with van der Waals surface area (Å²) in [5.41, 5.74) is 1.14. The lowest BCUT2D eigenvalue weighted by Gasteiger charge is -2.27. The molecule has 1 aromatic rings. The van der Waals surface area contributed by atoms with Gasteiger partial charge in [0.2, 0.25) is 0 Å². The molecule has 3 rings (SSSR count). The zero-order valence-electron chi connectivity index (χ0n) is 13.0. The number of rotatable bonds is 6. The molecule has 0 bridgehead atoms. The van der Waals surface area contributed by atoms with Crippen LogP contribution in [0.1, 0.15) is 37.8 Å². The Morgan fingerprint density at radius 2 is 1.76 bits per heavy atom. The summed E-state index contributed by atoms with van der Waals surface area (Å²) < 4.78 is 10.8. The van der Waals surface area contributed by atoms with Gasteiger partial charge in [-0.1, -0.05) is 18.5 Å². The molecule has 2 saturated carbocycles. The third-order valence-electron chi connectivity index (χ3n) is 5.01. The topological polar surface area (TPSA) is 30.5 Å². The minimum Gasteiger partial charge on any atom is -0.493 e. The van der Waals surface area contributed by atoms with Gasteiger partial charge in [0.1, 0.15) is 0 Å². The SMILES string of the molecule is CCNC(c1cc(OC)c(OC)cc1Cl)C1CC2CC2C1. The summed E-state index contributed by atoms with van der Waals surface area (Å²) in [4.78, 5) is 0. The van der Waals surface area contributed by atoms with Crippen LogP contribution in [0.2, 0.25) is 5.02 Å². The van der Waals surface area contributed by atoms with Crippen LogP contribution < -0.4 is 14.8 Å².